The zero-order chi connectivity index (χ0) is 21.3. The first-order chi connectivity index (χ1) is 14.3. The van der Waals surface area contributed by atoms with Gasteiger partial charge in [-0.05, 0) is 35.2 Å². The Labute approximate surface area is 175 Å². The number of nitrogens with zero attached hydrogens (tertiary/aromatic N) is 2. The number of rotatable bonds is 2. The minimum Gasteiger partial charge on any atom is -0.306 e. The fourth-order valence-corrected chi connectivity index (χ4v) is 3.25. The third-order valence-electron chi connectivity index (χ3n) is 4.96. The van der Waals surface area contributed by atoms with Crippen LogP contribution in [0.3, 0.4) is 0 Å². The van der Waals surface area contributed by atoms with Gasteiger partial charge >= 0.3 is 0 Å². The van der Waals surface area contributed by atoms with E-state index in [9.17, 15) is 9.18 Å². The molecular weight excluding hydrogens is 377 g/mol. The van der Waals surface area contributed by atoms with Gasteiger partial charge < -0.3 is 5.32 Å². The maximum Gasteiger partial charge on any atom is 0.256 e. The van der Waals surface area contributed by atoms with Crippen LogP contribution in [0.25, 0.3) is 0 Å². The van der Waals surface area contributed by atoms with Crippen LogP contribution >= 0.6 is 0 Å². The summed E-state index contributed by atoms with van der Waals surface area (Å²) in [7, 11) is 0. The largest absolute Gasteiger partial charge is 0.306 e. The predicted molar refractivity (Wildman–Crippen MR) is 118 cm³/mol. The van der Waals surface area contributed by atoms with E-state index in [1.54, 1.807) is 18.2 Å². The number of nitrogens with one attached hydrogen (secondary N) is 1. The van der Waals surface area contributed by atoms with Crippen LogP contribution in [0.15, 0.2) is 82.8 Å². The molecule has 0 aliphatic carbocycles. The van der Waals surface area contributed by atoms with Crippen LogP contribution in [0.5, 0.6) is 0 Å². The lowest BCUT2D eigenvalue weighted by atomic mass is 9.87. The van der Waals surface area contributed by atoms with Gasteiger partial charge in [0, 0.05) is 16.7 Å². The van der Waals surface area contributed by atoms with Crippen LogP contribution in [-0.2, 0) is 5.41 Å². The topological polar surface area (TPSA) is 53.8 Å². The molecule has 3 aromatic carbocycles. The Hall–Kier alpha value is -3.60. The van der Waals surface area contributed by atoms with Gasteiger partial charge in [0.25, 0.3) is 5.91 Å². The number of hydrogen-bond acceptors (Lipinski definition) is 2. The minimum atomic E-state index is -0.422. The van der Waals surface area contributed by atoms with E-state index in [1.165, 1.54) is 6.07 Å². The van der Waals surface area contributed by atoms with E-state index in [0.29, 0.717) is 17.2 Å². The molecule has 1 aliphatic rings. The summed E-state index contributed by atoms with van der Waals surface area (Å²) in [6, 6.07) is 21.3. The highest BCUT2D eigenvalue weighted by Gasteiger charge is 2.24. The zero-order valence-corrected chi connectivity index (χ0v) is 17.1. The van der Waals surface area contributed by atoms with Gasteiger partial charge in [0.2, 0.25) is 0 Å². The fourth-order valence-electron chi connectivity index (χ4n) is 3.25. The molecule has 1 N–H and O–H groups in total. The Morgan fingerprint density at radius 3 is 2.20 bits per heavy atom. The predicted octanol–water partition coefficient (Wildman–Crippen LogP) is 5.39. The van der Waals surface area contributed by atoms with Crippen molar-refractivity contribution in [2.24, 2.45) is 9.98 Å². The zero-order valence-electron chi connectivity index (χ0n) is 17.1. The number of aliphatic imine (C=N–C) groups is 2. The van der Waals surface area contributed by atoms with E-state index < -0.39 is 5.82 Å². The average Bonchev–Trinajstić information content (AvgIpc) is 3.06. The molecule has 0 fully saturated rings. The van der Waals surface area contributed by atoms with Gasteiger partial charge in [-0.1, -0.05) is 69.3 Å². The van der Waals surface area contributed by atoms with Crippen molar-refractivity contribution in [1.29, 1.82) is 0 Å². The minimum absolute atomic E-state index is 0.0154. The van der Waals surface area contributed by atoms with Gasteiger partial charge in [-0.25, -0.2) is 14.4 Å². The summed E-state index contributed by atoms with van der Waals surface area (Å²) in [5, 5.41) is 2.88. The molecule has 0 saturated heterocycles. The number of amidine groups is 2. The molecular formula is C25H22FN3O. The van der Waals surface area contributed by atoms with Crippen LogP contribution in [0, 0.1) is 5.82 Å². The summed E-state index contributed by atoms with van der Waals surface area (Å²) < 4.78 is 14.0. The van der Waals surface area contributed by atoms with Gasteiger partial charge in [0.1, 0.15) is 17.3 Å². The van der Waals surface area contributed by atoms with Crippen LogP contribution in [-0.4, -0.2) is 17.6 Å². The molecule has 5 heteroatoms. The standard InChI is InChI=1S/C25H22FN3O/c1-25(2,3)17-14-12-16(13-15-17)24(30)29-23-19-9-5-4-8-18(19)22(28-23)27-21-11-7-6-10-20(21)26/h4-15H,1-3H3,(H,27,28,29,30). The molecule has 150 valence electrons. The first-order valence-electron chi connectivity index (χ1n) is 9.76. The first-order valence-corrected chi connectivity index (χ1v) is 9.76. The molecule has 4 rings (SSSR count). The van der Waals surface area contributed by atoms with E-state index in [-0.39, 0.29) is 17.0 Å². The van der Waals surface area contributed by atoms with E-state index in [1.807, 2.05) is 48.5 Å². The highest BCUT2D eigenvalue weighted by molar-refractivity contribution is 6.26. The maximum atomic E-state index is 14.0. The summed E-state index contributed by atoms with van der Waals surface area (Å²) in [5.74, 6) is 0.102. The number of hydrogen-bond donors (Lipinski definition) is 1. The van der Waals surface area contributed by atoms with E-state index in [2.05, 4.69) is 36.1 Å². The average molecular weight is 399 g/mol. The van der Waals surface area contributed by atoms with Crippen molar-refractivity contribution in [2.75, 3.05) is 0 Å². The van der Waals surface area contributed by atoms with Gasteiger partial charge in [0.15, 0.2) is 5.84 Å². The summed E-state index contributed by atoms with van der Waals surface area (Å²) in [6.45, 7) is 6.38. The number of amides is 1. The normalized spacial score (nSPS) is 14.4. The summed E-state index contributed by atoms with van der Waals surface area (Å²) >= 11 is 0. The van der Waals surface area contributed by atoms with Crippen LogP contribution in [0.4, 0.5) is 10.1 Å². The van der Waals surface area contributed by atoms with Crippen molar-refractivity contribution in [3.05, 3.63) is 101 Å². The third-order valence-corrected chi connectivity index (χ3v) is 4.96. The number of fused-ring (bicyclic) bond motifs is 1. The van der Waals surface area contributed by atoms with E-state index in [4.69, 9.17) is 0 Å². The molecule has 1 aliphatic heterocycles. The van der Waals surface area contributed by atoms with Gasteiger partial charge in [-0.2, -0.15) is 0 Å². The third kappa shape index (κ3) is 3.92. The monoisotopic (exact) mass is 399 g/mol. The number of carbonyl (C=O) groups is 1. The molecule has 3 aromatic rings. The second-order valence-corrected chi connectivity index (χ2v) is 8.17. The Kier molecular flexibility index (Phi) is 5.04. The molecule has 1 heterocycles. The summed E-state index contributed by atoms with van der Waals surface area (Å²) in [4.78, 5) is 21.7. The SMILES string of the molecule is CC(C)(C)c1ccc(C(=O)NC2=NC(=Nc3ccccc3F)c3ccccc32)cc1. The number of benzene rings is 3. The highest BCUT2D eigenvalue weighted by Crippen LogP contribution is 2.25. The Balaban J connectivity index is 1.64. The first kappa shape index (κ1) is 19.7. The Morgan fingerprint density at radius 1 is 0.900 bits per heavy atom. The summed E-state index contributed by atoms with van der Waals surface area (Å²) in [5.41, 5.74) is 3.43. The molecule has 0 unspecified atom stereocenters. The molecule has 0 atom stereocenters. The quantitative estimate of drug-likeness (QED) is 0.617. The van der Waals surface area contributed by atoms with Gasteiger partial charge in [-0.3, -0.25) is 4.79 Å². The molecule has 1 amide bonds. The molecule has 4 nitrogen and oxygen atoms in total. The van der Waals surface area contributed by atoms with Crippen LogP contribution < -0.4 is 5.32 Å². The van der Waals surface area contributed by atoms with E-state index >= 15 is 0 Å². The van der Waals surface area contributed by atoms with Crippen molar-refractivity contribution in [3.63, 3.8) is 0 Å². The fraction of sp³-hybridized carbons (Fsp3) is 0.160. The van der Waals surface area contributed by atoms with Crippen molar-refractivity contribution >= 4 is 23.3 Å². The lowest BCUT2D eigenvalue weighted by Crippen LogP contribution is -2.30. The van der Waals surface area contributed by atoms with Crippen molar-refractivity contribution < 1.29 is 9.18 Å². The molecule has 30 heavy (non-hydrogen) atoms. The van der Waals surface area contributed by atoms with Gasteiger partial charge in [-0.15, -0.1) is 0 Å². The molecule has 0 spiro atoms. The second kappa shape index (κ2) is 7.67. The van der Waals surface area contributed by atoms with Crippen molar-refractivity contribution in [1.82, 2.24) is 5.32 Å². The molecule has 0 bridgehead atoms. The maximum absolute atomic E-state index is 14.0. The Bertz CT molecular complexity index is 1170. The molecule has 0 radical (unpaired) electrons. The highest BCUT2D eigenvalue weighted by atomic mass is 19.1. The summed E-state index contributed by atoms with van der Waals surface area (Å²) in [6.07, 6.45) is 0. The lowest BCUT2D eigenvalue weighted by Gasteiger charge is -2.19. The number of para-hydroxylation sites is 1. The van der Waals surface area contributed by atoms with Gasteiger partial charge in [0.05, 0.1) is 0 Å². The number of halogens is 1. The number of carbonyl (C=O) groups excluding carboxylic acids is 1. The van der Waals surface area contributed by atoms with E-state index in [0.717, 1.165) is 16.7 Å². The Morgan fingerprint density at radius 2 is 1.53 bits per heavy atom. The van der Waals surface area contributed by atoms with Crippen LogP contribution in [0.2, 0.25) is 0 Å². The second-order valence-electron chi connectivity index (χ2n) is 8.17. The van der Waals surface area contributed by atoms with Crippen molar-refractivity contribution in [2.45, 2.75) is 26.2 Å². The molecule has 0 aromatic heterocycles. The van der Waals surface area contributed by atoms with Crippen LogP contribution in [0.1, 0.15) is 47.8 Å². The smallest absolute Gasteiger partial charge is 0.256 e. The molecule has 0 saturated carbocycles. The lowest BCUT2D eigenvalue weighted by molar-refractivity contribution is 0.0977. The van der Waals surface area contributed by atoms with Crippen molar-refractivity contribution in [3.8, 4) is 0 Å².